The van der Waals surface area contributed by atoms with Crippen molar-refractivity contribution in [2.75, 3.05) is 0 Å². The molecule has 1 heterocycles. The minimum atomic E-state index is -2.08. The zero-order chi connectivity index (χ0) is 23.5. The summed E-state index contributed by atoms with van der Waals surface area (Å²) in [6, 6.07) is 13.5. The summed E-state index contributed by atoms with van der Waals surface area (Å²) in [5.74, 6) is -1.13. The van der Waals surface area contributed by atoms with Gasteiger partial charge in [-0.25, -0.2) is 4.79 Å². The Morgan fingerprint density at radius 3 is 2.28 bits per heavy atom. The molecular formula is C24H26O8. The second-order valence-corrected chi connectivity index (χ2v) is 7.72. The van der Waals surface area contributed by atoms with Crippen LogP contribution in [0.3, 0.4) is 0 Å². The van der Waals surface area contributed by atoms with Crippen molar-refractivity contribution in [3.63, 3.8) is 0 Å². The molecule has 0 amide bonds. The normalized spacial score (nSPS) is 28.9. The Morgan fingerprint density at radius 2 is 1.72 bits per heavy atom. The molecule has 6 atom stereocenters. The molecule has 0 spiro atoms. The van der Waals surface area contributed by atoms with Crippen LogP contribution in [0.25, 0.3) is 6.08 Å². The van der Waals surface area contributed by atoms with Gasteiger partial charge in [-0.3, -0.25) is 0 Å². The van der Waals surface area contributed by atoms with E-state index in [-0.39, 0.29) is 17.4 Å². The molecule has 5 N–H and O–H groups in total. The number of phenols is 1. The highest BCUT2D eigenvalue weighted by Gasteiger charge is 2.57. The second kappa shape index (κ2) is 9.54. The lowest BCUT2D eigenvalue weighted by atomic mass is 9.88. The quantitative estimate of drug-likeness (QED) is 0.411. The number of aliphatic hydroxyl groups is 3. The molecule has 2 aromatic rings. The van der Waals surface area contributed by atoms with Gasteiger partial charge in [0.15, 0.2) is 12.4 Å². The maximum atomic E-state index is 11.7. The van der Waals surface area contributed by atoms with E-state index in [1.807, 2.05) is 12.2 Å². The number of hydrogen-bond acceptors (Lipinski definition) is 7. The molecule has 2 aromatic carbocycles. The molecule has 0 aromatic heterocycles. The summed E-state index contributed by atoms with van der Waals surface area (Å²) in [7, 11) is 0. The molecular weight excluding hydrogens is 416 g/mol. The lowest BCUT2D eigenvalue weighted by molar-refractivity contribution is -0.305. The molecule has 1 saturated heterocycles. The predicted octanol–water partition coefficient (Wildman–Crippen LogP) is 2.04. The topological polar surface area (TPSA) is 137 Å². The van der Waals surface area contributed by atoms with E-state index < -0.39 is 36.2 Å². The number of rotatable bonds is 7. The molecule has 1 aliphatic rings. The average Bonchev–Trinajstić information content (AvgIpc) is 2.77. The van der Waals surface area contributed by atoms with Gasteiger partial charge < -0.3 is 35.0 Å². The largest absolute Gasteiger partial charge is 0.508 e. The summed E-state index contributed by atoms with van der Waals surface area (Å²) in [6.45, 7) is 5.02. The summed E-state index contributed by atoms with van der Waals surface area (Å²) in [5.41, 5.74) is -0.276. The number of benzene rings is 2. The van der Waals surface area contributed by atoms with Gasteiger partial charge in [-0.2, -0.15) is 0 Å². The fourth-order valence-electron chi connectivity index (χ4n) is 3.46. The van der Waals surface area contributed by atoms with Crippen molar-refractivity contribution >= 4 is 12.0 Å². The maximum absolute atomic E-state index is 11.7. The van der Waals surface area contributed by atoms with Crippen molar-refractivity contribution in [2.24, 2.45) is 0 Å². The van der Waals surface area contributed by atoms with Crippen molar-refractivity contribution in [1.82, 2.24) is 0 Å². The maximum Gasteiger partial charge on any atom is 0.339 e. The minimum absolute atomic E-state index is 0.122. The van der Waals surface area contributed by atoms with Crippen LogP contribution in [0.1, 0.15) is 24.0 Å². The molecule has 1 fully saturated rings. The molecule has 0 bridgehead atoms. The molecule has 0 saturated carbocycles. The Balaban J connectivity index is 1.77. The highest BCUT2D eigenvalue weighted by molar-refractivity contribution is 5.78. The monoisotopic (exact) mass is 442 g/mol. The van der Waals surface area contributed by atoms with Crippen LogP contribution in [0, 0.1) is 0 Å². The number of aliphatic hydroxyl groups excluding tert-OH is 3. The summed E-state index contributed by atoms with van der Waals surface area (Å²) >= 11 is 0. The number of allylic oxidation sites excluding steroid dienone is 2. The van der Waals surface area contributed by atoms with Crippen LogP contribution in [-0.2, 0) is 9.53 Å². The number of carboxylic acids is 1. The van der Waals surface area contributed by atoms with Crippen LogP contribution in [-0.4, -0.2) is 61.7 Å². The van der Waals surface area contributed by atoms with Gasteiger partial charge in [0.25, 0.3) is 0 Å². The van der Waals surface area contributed by atoms with Gasteiger partial charge in [0.1, 0.15) is 23.7 Å². The second-order valence-electron chi connectivity index (χ2n) is 7.72. The Hall–Kier alpha value is -3.17. The number of carboxylic acid groups (broad SMARTS) is 1. The molecule has 0 radical (unpaired) electrons. The number of ether oxygens (including phenoxy) is 2. The van der Waals surface area contributed by atoms with E-state index in [0.717, 1.165) is 18.1 Å². The van der Waals surface area contributed by atoms with E-state index >= 15 is 0 Å². The first kappa shape index (κ1) is 23.5. The zero-order valence-corrected chi connectivity index (χ0v) is 17.4. The first-order chi connectivity index (χ1) is 15.2. The first-order valence-corrected chi connectivity index (χ1v) is 9.97. The fourth-order valence-corrected chi connectivity index (χ4v) is 3.46. The van der Waals surface area contributed by atoms with Crippen LogP contribution >= 0.6 is 0 Å². The van der Waals surface area contributed by atoms with Gasteiger partial charge in [-0.1, -0.05) is 42.5 Å². The molecule has 1 aliphatic heterocycles. The smallest absolute Gasteiger partial charge is 0.339 e. The Kier molecular flexibility index (Phi) is 7.00. The lowest BCUT2D eigenvalue weighted by Crippen LogP contribution is -2.68. The Bertz CT molecular complexity index is 968. The van der Waals surface area contributed by atoms with Crippen LogP contribution in [0.4, 0.5) is 0 Å². The predicted molar refractivity (Wildman–Crippen MR) is 116 cm³/mol. The zero-order valence-electron chi connectivity index (χ0n) is 17.4. The van der Waals surface area contributed by atoms with Gasteiger partial charge in [0.05, 0.1) is 0 Å². The van der Waals surface area contributed by atoms with Crippen LogP contribution in [0.5, 0.6) is 11.5 Å². The van der Waals surface area contributed by atoms with Gasteiger partial charge in [0.2, 0.25) is 5.60 Å². The van der Waals surface area contributed by atoms with E-state index in [2.05, 4.69) is 6.58 Å². The Labute approximate surface area is 185 Å². The highest BCUT2D eigenvalue weighted by Crippen LogP contribution is 2.33. The average molecular weight is 442 g/mol. The Morgan fingerprint density at radius 1 is 1.09 bits per heavy atom. The summed E-state index contributed by atoms with van der Waals surface area (Å²) in [6.07, 6.45) is -1.14. The number of phenolic OH excluding ortho intramolecular Hbond substituents is 1. The highest BCUT2D eigenvalue weighted by atomic mass is 16.7. The number of aliphatic carboxylic acids is 1. The van der Waals surface area contributed by atoms with Gasteiger partial charge in [0, 0.05) is 5.92 Å². The molecule has 32 heavy (non-hydrogen) atoms. The van der Waals surface area contributed by atoms with Gasteiger partial charge in [-0.15, -0.1) is 6.58 Å². The first-order valence-electron chi connectivity index (χ1n) is 9.97. The van der Waals surface area contributed by atoms with Crippen molar-refractivity contribution in [1.29, 1.82) is 0 Å². The molecule has 8 nitrogen and oxygen atoms in total. The number of carbonyl (C=O) groups is 1. The molecule has 0 aliphatic carbocycles. The van der Waals surface area contributed by atoms with E-state index in [1.54, 1.807) is 54.6 Å². The number of hydrogen-bond donors (Lipinski definition) is 5. The molecule has 8 heteroatoms. The van der Waals surface area contributed by atoms with E-state index in [9.17, 15) is 30.3 Å². The van der Waals surface area contributed by atoms with Gasteiger partial charge in [-0.05, 0) is 42.3 Å². The van der Waals surface area contributed by atoms with E-state index in [4.69, 9.17) is 9.47 Å². The lowest BCUT2D eigenvalue weighted by Gasteiger charge is -2.44. The third kappa shape index (κ3) is 4.84. The summed E-state index contributed by atoms with van der Waals surface area (Å²) in [4.78, 5) is 11.7. The van der Waals surface area contributed by atoms with E-state index in [1.165, 1.54) is 0 Å². The van der Waals surface area contributed by atoms with Crippen molar-refractivity contribution < 1.29 is 39.8 Å². The minimum Gasteiger partial charge on any atom is -0.508 e. The van der Waals surface area contributed by atoms with Gasteiger partial charge >= 0.3 is 5.97 Å². The number of aromatic hydroxyl groups is 1. The summed E-state index contributed by atoms with van der Waals surface area (Å²) in [5, 5.41) is 48.8. The van der Waals surface area contributed by atoms with Crippen LogP contribution < -0.4 is 4.74 Å². The van der Waals surface area contributed by atoms with Crippen molar-refractivity contribution in [3.05, 3.63) is 78.4 Å². The third-order valence-corrected chi connectivity index (χ3v) is 5.46. The molecule has 6 unspecified atom stereocenters. The van der Waals surface area contributed by atoms with Crippen LogP contribution in [0.15, 0.2) is 67.3 Å². The van der Waals surface area contributed by atoms with Crippen LogP contribution in [0.2, 0.25) is 0 Å². The van der Waals surface area contributed by atoms with Crippen molar-refractivity contribution in [2.45, 2.75) is 43.0 Å². The standard InChI is InChI=1S/C24H26O8/c1-3-15(7-4-14-5-10-17(25)11-6-14)16-8-12-18(13-9-16)31-21-19(26)20(27)22(28)32-24(21,2)23(29)30/h3-13,15,19-22,25-28H,1H2,2H3,(H,29,30)/b7-4-. The SMILES string of the molecule is C=CC(/C=C\c1ccc(O)cc1)c1ccc(OC2C(O)C(O)C(O)OC2(C)C(=O)O)cc1. The molecule has 170 valence electrons. The molecule has 3 rings (SSSR count). The third-order valence-electron chi connectivity index (χ3n) is 5.46. The summed E-state index contributed by atoms with van der Waals surface area (Å²) < 4.78 is 10.7. The fraction of sp³-hybridized carbons (Fsp3) is 0.292. The van der Waals surface area contributed by atoms with E-state index in [0.29, 0.717) is 0 Å². The van der Waals surface area contributed by atoms with Crippen molar-refractivity contribution in [3.8, 4) is 11.5 Å².